The molecular weight excluding hydrogens is 837 g/mol. The largest absolute Gasteiger partial charge is 0.394 e. The van der Waals surface area contributed by atoms with Gasteiger partial charge >= 0.3 is 0 Å². The van der Waals surface area contributed by atoms with Crippen LogP contribution < -0.4 is 0 Å². The molecule has 0 radical (unpaired) electrons. The first-order chi connectivity index (χ1) is 25.9. The third-order valence-electron chi connectivity index (χ3n) is 10.6. The fraction of sp³-hybridized carbons (Fsp3) is 0.610. The molecule has 0 spiro atoms. The van der Waals surface area contributed by atoms with E-state index in [0.717, 1.165) is 64.7 Å². The maximum atomic E-state index is 13.5. The van der Waals surface area contributed by atoms with Gasteiger partial charge in [0.2, 0.25) is 23.6 Å². The smallest absolute Gasteiger partial charge is 0.222 e. The summed E-state index contributed by atoms with van der Waals surface area (Å²) in [6.45, 7) is 5.15. The summed E-state index contributed by atoms with van der Waals surface area (Å²) >= 11 is 11.9. The average Bonchev–Trinajstić information content (AvgIpc) is 3.19. The summed E-state index contributed by atoms with van der Waals surface area (Å²) in [5, 5.41) is 9.78. The maximum Gasteiger partial charge on any atom is 0.222 e. The molecule has 4 amide bonds. The lowest BCUT2D eigenvalue weighted by Crippen LogP contribution is -2.41. The number of hydrogen-bond donors (Lipinski definition) is 1. The summed E-state index contributed by atoms with van der Waals surface area (Å²) in [6.07, 6.45) is 10.5. The van der Waals surface area contributed by atoms with Crippen LogP contribution in [0, 0.1) is 11.6 Å². The van der Waals surface area contributed by atoms with Gasteiger partial charge in [-0.2, -0.15) is 27.0 Å². The first kappa shape index (κ1) is 54.7. The normalized spacial score (nSPS) is 14.7. The highest BCUT2D eigenvalue weighted by molar-refractivity contribution is 7.59. The monoisotopic (exact) mass is 898 g/mol. The molecule has 0 aliphatic carbocycles. The van der Waals surface area contributed by atoms with Crippen LogP contribution in [0.2, 0.25) is 10.0 Å². The lowest BCUT2D eigenvalue weighted by molar-refractivity contribution is -0.136. The van der Waals surface area contributed by atoms with E-state index >= 15 is 0 Å². The Morgan fingerprint density at radius 1 is 0.667 bits per heavy atom. The number of halogens is 5. The van der Waals surface area contributed by atoms with Crippen molar-refractivity contribution in [3.63, 3.8) is 0 Å². The molecule has 0 saturated carbocycles. The second kappa shape index (κ2) is 29.0. The summed E-state index contributed by atoms with van der Waals surface area (Å²) in [5.41, 5.74) is 1.23. The minimum Gasteiger partial charge on any atom is -0.394 e. The molecule has 2 aliphatic heterocycles. The van der Waals surface area contributed by atoms with Crippen LogP contribution in [0.1, 0.15) is 102 Å². The lowest BCUT2D eigenvalue weighted by atomic mass is 10.0. The minimum atomic E-state index is -0.501. The average molecular weight is 900 g/mol. The fourth-order valence-electron chi connectivity index (χ4n) is 6.99. The van der Waals surface area contributed by atoms with Crippen molar-refractivity contribution in [3.8, 4) is 0 Å². The van der Waals surface area contributed by atoms with Crippen molar-refractivity contribution in [2.45, 2.75) is 115 Å². The molecular formula is C41H63Cl3F2N4O5S2. The van der Waals surface area contributed by atoms with Gasteiger partial charge in [0.25, 0.3) is 0 Å². The molecule has 324 valence electrons. The van der Waals surface area contributed by atoms with Gasteiger partial charge in [-0.05, 0) is 93.9 Å². The van der Waals surface area contributed by atoms with Crippen molar-refractivity contribution in [2.75, 3.05) is 46.9 Å². The van der Waals surface area contributed by atoms with Gasteiger partial charge in [-0.15, -0.1) is 12.4 Å². The number of aliphatic hydroxyl groups is 1. The van der Waals surface area contributed by atoms with Gasteiger partial charge in [0.05, 0.1) is 22.7 Å². The van der Waals surface area contributed by atoms with Crippen LogP contribution in [0.3, 0.4) is 0 Å². The molecule has 9 nitrogen and oxygen atoms in total. The number of amides is 4. The molecule has 16 heteroatoms. The number of carbonyl (C=O) groups excluding carboxylic acids is 4. The van der Waals surface area contributed by atoms with E-state index in [0.29, 0.717) is 49.7 Å². The Labute approximate surface area is 368 Å². The summed E-state index contributed by atoms with van der Waals surface area (Å²) in [5.74, 6) is -0.856. The van der Waals surface area contributed by atoms with Crippen LogP contribution >= 0.6 is 62.6 Å². The highest BCUT2D eigenvalue weighted by atomic mass is 35.5. The van der Waals surface area contributed by atoms with Gasteiger partial charge in [-0.25, -0.2) is 8.78 Å². The van der Waals surface area contributed by atoms with Gasteiger partial charge in [0.15, 0.2) is 0 Å². The van der Waals surface area contributed by atoms with E-state index in [-0.39, 0.29) is 98.6 Å². The third-order valence-corrected chi connectivity index (χ3v) is 11.5. The van der Waals surface area contributed by atoms with E-state index in [9.17, 15) is 33.1 Å². The Hall–Kier alpha value is -2.29. The summed E-state index contributed by atoms with van der Waals surface area (Å²) in [6, 6.07) is 8.82. The molecule has 2 fully saturated rings. The zero-order chi connectivity index (χ0) is 39.6. The number of piperidine rings is 2. The molecule has 0 aromatic heterocycles. The second-order valence-electron chi connectivity index (χ2n) is 14.3. The van der Waals surface area contributed by atoms with E-state index in [1.165, 1.54) is 23.5 Å². The van der Waals surface area contributed by atoms with Crippen LogP contribution in [-0.4, -0.2) is 107 Å². The molecule has 57 heavy (non-hydrogen) atoms. The van der Waals surface area contributed by atoms with Crippen LogP contribution in [0.25, 0.3) is 0 Å². The molecule has 2 saturated heterocycles. The van der Waals surface area contributed by atoms with Gasteiger partial charge in [0.1, 0.15) is 11.6 Å². The maximum absolute atomic E-state index is 13.5. The van der Waals surface area contributed by atoms with Crippen molar-refractivity contribution < 1.29 is 33.1 Å². The van der Waals surface area contributed by atoms with E-state index in [1.807, 2.05) is 16.7 Å². The predicted octanol–water partition coefficient (Wildman–Crippen LogP) is 8.11. The van der Waals surface area contributed by atoms with Gasteiger partial charge in [0, 0.05) is 72.0 Å². The Balaban J connectivity index is 0.00000105. The van der Waals surface area contributed by atoms with E-state index < -0.39 is 17.7 Å². The Kier molecular flexibility index (Phi) is 27.9. The van der Waals surface area contributed by atoms with Gasteiger partial charge in [-0.1, -0.05) is 54.4 Å². The van der Waals surface area contributed by atoms with Crippen LogP contribution in [0.4, 0.5) is 8.78 Å². The Morgan fingerprint density at radius 3 is 1.40 bits per heavy atom. The number of carbonyl (C=O) groups is 4. The van der Waals surface area contributed by atoms with Crippen molar-refractivity contribution in [3.05, 3.63) is 69.2 Å². The zero-order valence-corrected chi connectivity index (χ0v) is 37.9. The summed E-state index contributed by atoms with van der Waals surface area (Å²) in [4.78, 5) is 56.7. The van der Waals surface area contributed by atoms with Crippen LogP contribution in [0.15, 0.2) is 36.4 Å². The molecule has 0 bridgehead atoms. The van der Waals surface area contributed by atoms with Gasteiger partial charge < -0.3 is 24.7 Å². The number of aliphatic hydroxyl groups excluding tert-OH is 1. The van der Waals surface area contributed by atoms with Gasteiger partial charge in [-0.3, -0.25) is 19.2 Å². The zero-order valence-electron chi connectivity index (χ0n) is 33.6. The number of aryl methyl sites for hydroxylation is 2. The molecule has 0 unspecified atom stereocenters. The summed E-state index contributed by atoms with van der Waals surface area (Å²) in [7, 11) is 3.41. The molecule has 1 N–H and O–H groups in total. The number of nitrogens with zero attached hydrogens (tertiary/aromatic N) is 4. The number of likely N-dealkylation sites (tertiary alicyclic amines) is 2. The fourth-order valence-corrected chi connectivity index (χ4v) is 7.43. The SMILES string of the molecule is CC[C@H](CCC(=O)N1CCCCC1)N(C)C(=O)CCc1cccc(F)c1Cl.CN(C(=O)CCc1cccc(F)c1Cl)[C@H](CO)CCC(=O)N1CCCCC1.Cl.S.S. The first-order valence-corrected chi connectivity index (χ1v) is 20.2. The van der Waals surface area contributed by atoms with E-state index in [4.69, 9.17) is 23.2 Å². The second-order valence-corrected chi connectivity index (χ2v) is 15.0. The topological polar surface area (TPSA) is 101 Å². The Morgan fingerprint density at radius 2 is 1.04 bits per heavy atom. The van der Waals surface area contributed by atoms with Crippen molar-refractivity contribution in [2.24, 2.45) is 0 Å². The van der Waals surface area contributed by atoms with Crippen molar-refractivity contribution in [1.29, 1.82) is 0 Å². The van der Waals surface area contributed by atoms with E-state index in [2.05, 4.69) is 0 Å². The number of likely N-dealkylation sites (N-methyl/N-ethyl adjacent to an activating group) is 1. The lowest BCUT2D eigenvalue weighted by Gasteiger charge is -2.30. The van der Waals surface area contributed by atoms with E-state index in [1.54, 1.807) is 43.3 Å². The predicted molar refractivity (Wildman–Crippen MR) is 237 cm³/mol. The quantitative estimate of drug-likeness (QED) is 0.184. The number of hydrogen-bond acceptors (Lipinski definition) is 5. The molecule has 2 heterocycles. The first-order valence-electron chi connectivity index (χ1n) is 19.4. The molecule has 4 rings (SSSR count). The third kappa shape index (κ3) is 17.8. The van der Waals surface area contributed by atoms with Crippen molar-refractivity contribution >= 4 is 86.2 Å². The molecule has 2 aliphatic rings. The molecule has 2 aromatic rings. The summed E-state index contributed by atoms with van der Waals surface area (Å²) < 4.78 is 27.0. The van der Waals surface area contributed by atoms with Crippen LogP contribution in [0.5, 0.6) is 0 Å². The number of rotatable bonds is 16. The minimum absolute atomic E-state index is 0. The van der Waals surface area contributed by atoms with Crippen molar-refractivity contribution in [1.82, 2.24) is 19.6 Å². The molecule has 2 aromatic carbocycles. The highest BCUT2D eigenvalue weighted by Gasteiger charge is 2.24. The Bertz CT molecular complexity index is 1430. The number of benzene rings is 2. The highest BCUT2D eigenvalue weighted by Crippen LogP contribution is 2.23. The standard InChI is InChI=1S/C21H30ClFN2O2.C20H28ClFN2O3.ClH.2H2S/c1-3-17(11-13-20(27)25-14-5-4-6-15-25)24(2)19(26)12-10-16-8-7-9-18(23)21(16)22;1-23(18(26)10-8-15-6-5-7-17(22)20(15)21)16(14-25)9-11-19(27)24-12-3-2-4-13-24;;;/h7-9,17H,3-6,10-15H2,1-2H3;5-7,16,25H,2-4,8-14H2,1H3;1H;2*1H2/t17-;16-;;;/m10.../s1. The van der Waals surface area contributed by atoms with Crippen LogP contribution in [-0.2, 0) is 32.0 Å². The molecule has 2 atom stereocenters.